The number of hydrogen-bond acceptors (Lipinski definition) is 4. The molecule has 1 amide bonds. The smallest absolute Gasteiger partial charge is 0.257 e. The van der Waals surface area contributed by atoms with E-state index in [1.165, 1.54) is 0 Å². The van der Waals surface area contributed by atoms with Gasteiger partial charge in [-0.25, -0.2) is 9.97 Å². The van der Waals surface area contributed by atoms with Gasteiger partial charge in [0, 0.05) is 17.5 Å². The Hall–Kier alpha value is -3.41. The number of amides is 1. The summed E-state index contributed by atoms with van der Waals surface area (Å²) >= 11 is 0. The molecule has 0 unspecified atom stereocenters. The summed E-state index contributed by atoms with van der Waals surface area (Å²) in [5.74, 6) is 1.24. The molecule has 144 valence electrons. The molecule has 0 aliphatic rings. The van der Waals surface area contributed by atoms with E-state index >= 15 is 0 Å². The minimum atomic E-state index is -0.182. The number of rotatable bonds is 6. The van der Waals surface area contributed by atoms with Gasteiger partial charge in [0.25, 0.3) is 5.91 Å². The monoisotopic (exact) mass is 376 g/mol. The summed E-state index contributed by atoms with van der Waals surface area (Å²) in [4.78, 5) is 25.0. The average Bonchev–Trinajstić information content (AvgIpc) is 3.16. The number of nitrogens with one attached hydrogen (secondary N) is 2. The summed E-state index contributed by atoms with van der Waals surface area (Å²) < 4.78 is 5.19. The Kier molecular flexibility index (Phi) is 5.89. The van der Waals surface area contributed by atoms with Crippen LogP contribution in [0.1, 0.15) is 37.6 Å². The zero-order valence-corrected chi connectivity index (χ0v) is 16.5. The molecular formula is C22H24N4O2. The van der Waals surface area contributed by atoms with Gasteiger partial charge in [0.05, 0.1) is 18.2 Å². The van der Waals surface area contributed by atoms with Crippen LogP contribution in [-0.2, 0) is 0 Å². The standard InChI is InChI=1S/C22H24N4O2/c1-5-7-14(3)18(6-2)24-22(27)17-12-13-23-21-19(17)25-20(26-21)15-8-10-16(28-4)11-9-15/h5,7-13H,6H2,1-4H3,(H,24,27)(H,23,25,26)/b7-5-,18-14+. The van der Waals surface area contributed by atoms with Gasteiger partial charge in [0.15, 0.2) is 5.65 Å². The molecule has 3 aromatic rings. The lowest BCUT2D eigenvalue weighted by atomic mass is 10.1. The number of methoxy groups -OCH3 is 1. The maximum absolute atomic E-state index is 12.9. The summed E-state index contributed by atoms with van der Waals surface area (Å²) in [6.45, 7) is 5.96. The molecule has 0 saturated heterocycles. The molecule has 6 nitrogen and oxygen atoms in total. The molecule has 0 saturated carbocycles. The lowest BCUT2D eigenvalue weighted by Crippen LogP contribution is -2.23. The van der Waals surface area contributed by atoms with E-state index < -0.39 is 0 Å². The Balaban J connectivity index is 1.97. The number of aromatic amines is 1. The van der Waals surface area contributed by atoms with Gasteiger partial charge in [-0.3, -0.25) is 4.79 Å². The van der Waals surface area contributed by atoms with Crippen molar-refractivity contribution in [3.05, 3.63) is 65.5 Å². The predicted octanol–water partition coefficient (Wildman–Crippen LogP) is 4.62. The summed E-state index contributed by atoms with van der Waals surface area (Å²) in [5, 5.41) is 3.02. The number of nitrogens with zero attached hydrogens (tertiary/aromatic N) is 2. The van der Waals surface area contributed by atoms with Gasteiger partial charge in [-0.05, 0) is 56.2 Å². The van der Waals surface area contributed by atoms with Crippen molar-refractivity contribution >= 4 is 17.1 Å². The SMILES string of the molecule is C/C=C\C(C)=C(/CC)NC(=O)c1ccnc2nc(-c3ccc(OC)cc3)[nH]c12. The first-order chi connectivity index (χ1) is 13.6. The third-order valence-corrected chi connectivity index (χ3v) is 4.51. The highest BCUT2D eigenvalue weighted by molar-refractivity contribution is 6.05. The highest BCUT2D eigenvalue weighted by Crippen LogP contribution is 2.24. The number of carbonyl (C=O) groups excluding carboxylic acids is 1. The minimum absolute atomic E-state index is 0.182. The van der Waals surface area contributed by atoms with Crippen molar-refractivity contribution in [1.82, 2.24) is 20.3 Å². The molecule has 2 aromatic heterocycles. The van der Waals surface area contributed by atoms with Crippen LogP contribution in [0.5, 0.6) is 5.75 Å². The summed E-state index contributed by atoms with van der Waals surface area (Å²) in [5.41, 5.74) is 4.45. The number of benzene rings is 1. The topological polar surface area (TPSA) is 79.9 Å². The largest absolute Gasteiger partial charge is 0.497 e. The van der Waals surface area contributed by atoms with Crippen molar-refractivity contribution in [2.24, 2.45) is 0 Å². The van der Waals surface area contributed by atoms with Gasteiger partial charge in [0.1, 0.15) is 11.6 Å². The molecule has 0 fully saturated rings. The number of hydrogen-bond donors (Lipinski definition) is 2. The highest BCUT2D eigenvalue weighted by atomic mass is 16.5. The van der Waals surface area contributed by atoms with Gasteiger partial charge in [-0.15, -0.1) is 0 Å². The van der Waals surface area contributed by atoms with Crippen molar-refractivity contribution in [2.75, 3.05) is 7.11 Å². The van der Waals surface area contributed by atoms with Gasteiger partial charge in [0.2, 0.25) is 0 Å². The molecule has 28 heavy (non-hydrogen) atoms. The normalized spacial score (nSPS) is 12.3. The van der Waals surface area contributed by atoms with E-state index in [-0.39, 0.29) is 5.91 Å². The van der Waals surface area contributed by atoms with E-state index in [0.717, 1.165) is 29.0 Å². The first kappa shape index (κ1) is 19.4. The van der Waals surface area contributed by atoms with Crippen LogP contribution >= 0.6 is 0 Å². The Bertz CT molecular complexity index is 1050. The van der Waals surface area contributed by atoms with E-state index in [1.54, 1.807) is 19.4 Å². The van der Waals surface area contributed by atoms with E-state index in [4.69, 9.17) is 4.74 Å². The third-order valence-electron chi connectivity index (χ3n) is 4.51. The fraction of sp³-hybridized carbons (Fsp3) is 0.227. The Morgan fingerprint density at radius 3 is 2.64 bits per heavy atom. The molecule has 0 aliphatic carbocycles. The molecule has 0 atom stereocenters. The maximum atomic E-state index is 12.9. The predicted molar refractivity (Wildman–Crippen MR) is 111 cm³/mol. The molecule has 0 aliphatic heterocycles. The van der Waals surface area contributed by atoms with Crippen LogP contribution in [0.4, 0.5) is 0 Å². The average molecular weight is 376 g/mol. The van der Waals surface area contributed by atoms with Crippen molar-refractivity contribution < 1.29 is 9.53 Å². The second-order valence-corrected chi connectivity index (χ2v) is 6.34. The quantitative estimate of drug-likeness (QED) is 0.615. The number of carbonyl (C=O) groups is 1. The fourth-order valence-corrected chi connectivity index (χ4v) is 3.01. The first-order valence-corrected chi connectivity index (χ1v) is 9.20. The van der Waals surface area contributed by atoms with Gasteiger partial charge in [-0.2, -0.15) is 0 Å². The van der Waals surface area contributed by atoms with E-state index in [0.29, 0.717) is 22.6 Å². The van der Waals surface area contributed by atoms with Gasteiger partial charge >= 0.3 is 0 Å². The van der Waals surface area contributed by atoms with Gasteiger partial charge in [-0.1, -0.05) is 19.1 Å². The van der Waals surface area contributed by atoms with Crippen LogP contribution in [0.15, 0.2) is 60.0 Å². The maximum Gasteiger partial charge on any atom is 0.257 e. The molecule has 0 spiro atoms. The van der Waals surface area contributed by atoms with E-state index in [9.17, 15) is 4.79 Å². The first-order valence-electron chi connectivity index (χ1n) is 9.20. The van der Waals surface area contributed by atoms with Crippen LogP contribution in [0.2, 0.25) is 0 Å². The number of imidazole rings is 1. The number of allylic oxidation sites excluding steroid dienone is 4. The van der Waals surface area contributed by atoms with E-state index in [2.05, 4.69) is 20.3 Å². The number of aromatic nitrogens is 3. The molecule has 2 N–H and O–H groups in total. The third kappa shape index (κ3) is 3.96. The Labute approximate surface area is 164 Å². The lowest BCUT2D eigenvalue weighted by Gasteiger charge is -2.10. The summed E-state index contributed by atoms with van der Waals surface area (Å²) in [6, 6.07) is 9.26. The Morgan fingerprint density at radius 1 is 1.25 bits per heavy atom. The zero-order valence-electron chi connectivity index (χ0n) is 16.5. The van der Waals surface area contributed by atoms with E-state index in [1.807, 2.05) is 57.2 Å². The van der Waals surface area contributed by atoms with Crippen LogP contribution in [0.25, 0.3) is 22.6 Å². The summed E-state index contributed by atoms with van der Waals surface area (Å²) in [7, 11) is 1.63. The second kappa shape index (κ2) is 8.52. The second-order valence-electron chi connectivity index (χ2n) is 6.34. The highest BCUT2D eigenvalue weighted by Gasteiger charge is 2.16. The van der Waals surface area contributed by atoms with Crippen LogP contribution in [-0.4, -0.2) is 28.0 Å². The van der Waals surface area contributed by atoms with Crippen molar-refractivity contribution in [2.45, 2.75) is 27.2 Å². The zero-order chi connectivity index (χ0) is 20.1. The van der Waals surface area contributed by atoms with Crippen LogP contribution in [0, 0.1) is 0 Å². The molecule has 0 bridgehead atoms. The molecule has 3 rings (SSSR count). The van der Waals surface area contributed by atoms with Crippen molar-refractivity contribution in [3.63, 3.8) is 0 Å². The fourth-order valence-electron chi connectivity index (χ4n) is 3.01. The molecular weight excluding hydrogens is 352 g/mol. The number of fused-ring (bicyclic) bond motifs is 1. The number of ether oxygens (including phenoxy) is 1. The van der Waals surface area contributed by atoms with Crippen molar-refractivity contribution in [3.8, 4) is 17.1 Å². The van der Waals surface area contributed by atoms with Crippen molar-refractivity contribution in [1.29, 1.82) is 0 Å². The summed E-state index contributed by atoms with van der Waals surface area (Å²) in [6.07, 6.45) is 6.28. The molecule has 0 radical (unpaired) electrons. The Morgan fingerprint density at radius 2 is 2.00 bits per heavy atom. The molecule has 6 heteroatoms. The molecule has 1 aromatic carbocycles. The van der Waals surface area contributed by atoms with Crippen LogP contribution < -0.4 is 10.1 Å². The lowest BCUT2D eigenvalue weighted by molar-refractivity contribution is 0.0966. The minimum Gasteiger partial charge on any atom is -0.497 e. The number of pyridine rings is 1. The molecule has 2 heterocycles. The van der Waals surface area contributed by atoms with Crippen LogP contribution in [0.3, 0.4) is 0 Å². The number of H-pyrrole nitrogens is 1. The van der Waals surface area contributed by atoms with Gasteiger partial charge < -0.3 is 15.0 Å².